The molecule has 0 saturated carbocycles. The van der Waals surface area contributed by atoms with E-state index in [1.54, 1.807) is 7.11 Å². The monoisotopic (exact) mass is 175 g/mol. The fourth-order valence-corrected chi connectivity index (χ4v) is 1.10. The Morgan fingerprint density at radius 3 is 2.08 bits per heavy atom. The molecule has 1 unspecified atom stereocenters. The van der Waals surface area contributed by atoms with Crippen molar-refractivity contribution >= 4 is 0 Å². The molecule has 0 heterocycles. The van der Waals surface area contributed by atoms with Crippen LogP contribution in [0.3, 0.4) is 0 Å². The second-order valence-electron chi connectivity index (χ2n) is 2.92. The van der Waals surface area contributed by atoms with Crippen molar-refractivity contribution < 1.29 is 4.74 Å². The lowest BCUT2D eigenvalue weighted by Gasteiger charge is -2.23. The van der Waals surface area contributed by atoms with Crippen LogP contribution < -0.4 is 11.5 Å². The molecule has 74 valence electrons. The minimum atomic E-state index is 0.253. The summed E-state index contributed by atoms with van der Waals surface area (Å²) in [5.41, 5.74) is 10.9. The summed E-state index contributed by atoms with van der Waals surface area (Å²) in [6.07, 6.45) is 0.253. The topological polar surface area (TPSA) is 64.5 Å². The van der Waals surface area contributed by atoms with Crippen LogP contribution in [-0.2, 0) is 4.74 Å². The van der Waals surface area contributed by atoms with Crippen LogP contribution in [0.4, 0.5) is 0 Å². The smallest absolute Gasteiger partial charge is 0.0670 e. The van der Waals surface area contributed by atoms with Gasteiger partial charge < -0.3 is 16.2 Å². The summed E-state index contributed by atoms with van der Waals surface area (Å²) < 4.78 is 5.15. The van der Waals surface area contributed by atoms with E-state index in [2.05, 4.69) is 4.90 Å². The summed E-state index contributed by atoms with van der Waals surface area (Å²) in [6.45, 7) is 6.09. The Morgan fingerprint density at radius 2 is 1.75 bits per heavy atom. The summed E-state index contributed by atoms with van der Waals surface area (Å²) >= 11 is 0. The van der Waals surface area contributed by atoms with Crippen LogP contribution in [0.5, 0.6) is 0 Å². The first-order valence-electron chi connectivity index (χ1n) is 4.39. The fourth-order valence-electron chi connectivity index (χ4n) is 1.10. The summed E-state index contributed by atoms with van der Waals surface area (Å²) in [6, 6.07) is 0. The van der Waals surface area contributed by atoms with Gasteiger partial charge in [0, 0.05) is 39.8 Å². The molecule has 1 atom stereocenters. The number of rotatable bonds is 7. The van der Waals surface area contributed by atoms with Crippen molar-refractivity contribution in [2.24, 2.45) is 11.5 Å². The predicted octanol–water partition coefficient (Wildman–Crippen LogP) is -0.759. The molecule has 0 rings (SSSR count). The molecule has 0 aliphatic carbocycles. The Hall–Kier alpha value is -0.160. The van der Waals surface area contributed by atoms with Gasteiger partial charge in [0.15, 0.2) is 0 Å². The molecular formula is C8H21N3O. The van der Waals surface area contributed by atoms with Crippen molar-refractivity contribution in [3.63, 3.8) is 0 Å². The van der Waals surface area contributed by atoms with Gasteiger partial charge in [0.25, 0.3) is 0 Å². The van der Waals surface area contributed by atoms with Crippen LogP contribution >= 0.6 is 0 Å². The van der Waals surface area contributed by atoms with Crippen molar-refractivity contribution in [1.29, 1.82) is 0 Å². The van der Waals surface area contributed by atoms with Crippen molar-refractivity contribution in [2.75, 3.05) is 39.8 Å². The SMILES string of the molecule is COC(C)CN(CCN)CCN. The maximum absolute atomic E-state index is 5.45. The highest BCUT2D eigenvalue weighted by Crippen LogP contribution is 1.93. The quantitative estimate of drug-likeness (QED) is 0.534. The normalized spacial score (nSPS) is 13.8. The lowest BCUT2D eigenvalue weighted by atomic mass is 10.3. The van der Waals surface area contributed by atoms with Crippen molar-refractivity contribution in [3.8, 4) is 0 Å². The van der Waals surface area contributed by atoms with Gasteiger partial charge in [0.05, 0.1) is 6.10 Å². The molecular weight excluding hydrogens is 154 g/mol. The van der Waals surface area contributed by atoms with Crippen molar-refractivity contribution in [2.45, 2.75) is 13.0 Å². The minimum Gasteiger partial charge on any atom is -0.380 e. The molecule has 0 aromatic heterocycles. The van der Waals surface area contributed by atoms with Gasteiger partial charge in [-0.3, -0.25) is 4.90 Å². The Balaban J connectivity index is 3.61. The molecule has 0 fully saturated rings. The van der Waals surface area contributed by atoms with Gasteiger partial charge in [-0.2, -0.15) is 0 Å². The Bertz CT molecular complexity index is 94.3. The Kier molecular flexibility index (Phi) is 7.39. The number of nitrogens with zero attached hydrogens (tertiary/aromatic N) is 1. The zero-order valence-electron chi connectivity index (χ0n) is 8.12. The zero-order valence-corrected chi connectivity index (χ0v) is 8.12. The molecule has 0 aromatic rings. The summed E-state index contributed by atoms with van der Waals surface area (Å²) in [7, 11) is 1.72. The van der Waals surface area contributed by atoms with Gasteiger partial charge in [-0.05, 0) is 6.92 Å². The van der Waals surface area contributed by atoms with Gasteiger partial charge in [0.2, 0.25) is 0 Å². The number of hydrogen-bond acceptors (Lipinski definition) is 4. The maximum atomic E-state index is 5.45. The van der Waals surface area contributed by atoms with Gasteiger partial charge in [-0.1, -0.05) is 0 Å². The highest BCUT2D eigenvalue weighted by atomic mass is 16.5. The van der Waals surface area contributed by atoms with E-state index in [1.807, 2.05) is 6.92 Å². The van der Waals surface area contributed by atoms with Crippen LogP contribution in [-0.4, -0.2) is 50.8 Å². The average Bonchev–Trinajstić information content (AvgIpc) is 2.05. The molecule has 0 aliphatic heterocycles. The molecule has 0 spiro atoms. The first kappa shape index (κ1) is 11.8. The molecule has 0 amide bonds. The number of hydrogen-bond donors (Lipinski definition) is 2. The number of nitrogens with two attached hydrogens (primary N) is 2. The molecule has 12 heavy (non-hydrogen) atoms. The van der Waals surface area contributed by atoms with Crippen LogP contribution in [0.15, 0.2) is 0 Å². The van der Waals surface area contributed by atoms with Gasteiger partial charge in [-0.25, -0.2) is 0 Å². The van der Waals surface area contributed by atoms with E-state index in [9.17, 15) is 0 Å². The maximum Gasteiger partial charge on any atom is 0.0670 e. The van der Waals surface area contributed by atoms with E-state index in [0.717, 1.165) is 19.6 Å². The van der Waals surface area contributed by atoms with E-state index in [1.165, 1.54) is 0 Å². The van der Waals surface area contributed by atoms with Crippen molar-refractivity contribution in [1.82, 2.24) is 4.90 Å². The summed E-state index contributed by atoms with van der Waals surface area (Å²) in [5.74, 6) is 0. The molecule has 4 heteroatoms. The Labute approximate surface area is 74.8 Å². The average molecular weight is 175 g/mol. The molecule has 0 aromatic carbocycles. The predicted molar refractivity (Wildman–Crippen MR) is 51.0 cm³/mol. The number of ether oxygens (including phenoxy) is 1. The summed E-state index contributed by atoms with van der Waals surface area (Å²) in [4.78, 5) is 2.22. The van der Waals surface area contributed by atoms with E-state index >= 15 is 0 Å². The molecule has 0 radical (unpaired) electrons. The minimum absolute atomic E-state index is 0.253. The second-order valence-corrected chi connectivity index (χ2v) is 2.92. The largest absolute Gasteiger partial charge is 0.380 e. The van der Waals surface area contributed by atoms with Gasteiger partial charge >= 0.3 is 0 Å². The van der Waals surface area contributed by atoms with Crippen LogP contribution in [0, 0.1) is 0 Å². The molecule has 4 N–H and O–H groups in total. The van der Waals surface area contributed by atoms with Crippen molar-refractivity contribution in [3.05, 3.63) is 0 Å². The van der Waals surface area contributed by atoms with Gasteiger partial charge in [-0.15, -0.1) is 0 Å². The summed E-state index contributed by atoms with van der Waals surface area (Å²) in [5, 5.41) is 0. The standard InChI is InChI=1S/C8H21N3O/c1-8(12-2)7-11(5-3-9)6-4-10/h8H,3-7,9-10H2,1-2H3. The third kappa shape index (κ3) is 5.49. The first-order chi connectivity index (χ1) is 5.74. The van der Waals surface area contributed by atoms with E-state index in [0.29, 0.717) is 13.1 Å². The zero-order chi connectivity index (χ0) is 9.40. The number of methoxy groups -OCH3 is 1. The Morgan fingerprint density at radius 1 is 1.25 bits per heavy atom. The van der Waals surface area contributed by atoms with Crippen LogP contribution in [0.2, 0.25) is 0 Å². The van der Waals surface area contributed by atoms with Gasteiger partial charge in [0.1, 0.15) is 0 Å². The first-order valence-corrected chi connectivity index (χ1v) is 4.39. The van der Waals surface area contributed by atoms with E-state index < -0.39 is 0 Å². The molecule has 0 bridgehead atoms. The molecule has 0 aliphatic rings. The third-order valence-corrected chi connectivity index (χ3v) is 1.81. The van der Waals surface area contributed by atoms with E-state index in [4.69, 9.17) is 16.2 Å². The van der Waals surface area contributed by atoms with E-state index in [-0.39, 0.29) is 6.10 Å². The molecule has 4 nitrogen and oxygen atoms in total. The third-order valence-electron chi connectivity index (χ3n) is 1.81. The van der Waals surface area contributed by atoms with Crippen LogP contribution in [0.1, 0.15) is 6.92 Å². The lowest BCUT2D eigenvalue weighted by molar-refractivity contribution is 0.0791. The lowest BCUT2D eigenvalue weighted by Crippen LogP contribution is -2.38. The fraction of sp³-hybridized carbons (Fsp3) is 1.00. The molecule has 0 saturated heterocycles. The highest BCUT2D eigenvalue weighted by Gasteiger charge is 2.07. The highest BCUT2D eigenvalue weighted by molar-refractivity contribution is 4.62. The second kappa shape index (κ2) is 7.49. The van der Waals surface area contributed by atoms with Crippen LogP contribution in [0.25, 0.3) is 0 Å².